The van der Waals surface area contributed by atoms with Gasteiger partial charge < -0.3 is 5.73 Å². The van der Waals surface area contributed by atoms with Gasteiger partial charge in [0.2, 0.25) is 10.0 Å². The Balaban J connectivity index is 2.51. The van der Waals surface area contributed by atoms with Crippen molar-refractivity contribution in [2.24, 2.45) is 5.73 Å². The first-order chi connectivity index (χ1) is 8.36. The van der Waals surface area contributed by atoms with Crippen LogP contribution in [0, 0.1) is 0 Å². The van der Waals surface area contributed by atoms with E-state index in [1.54, 1.807) is 37.6 Å². The van der Waals surface area contributed by atoms with Gasteiger partial charge in [-0.2, -0.15) is 0 Å². The molecule has 0 aliphatic rings. The Morgan fingerprint density at radius 2 is 2.17 bits per heavy atom. The fourth-order valence-electron chi connectivity index (χ4n) is 1.53. The summed E-state index contributed by atoms with van der Waals surface area (Å²) in [6, 6.07) is 5.06. The zero-order valence-electron chi connectivity index (χ0n) is 10.2. The highest BCUT2D eigenvalue weighted by molar-refractivity contribution is 7.90. The molecule has 0 spiro atoms. The van der Waals surface area contributed by atoms with Crippen molar-refractivity contribution >= 4 is 31.6 Å². The number of nitrogens with zero attached hydrogens (tertiary/aromatic N) is 1. The predicted molar refractivity (Wildman–Crippen MR) is 73.1 cm³/mol. The van der Waals surface area contributed by atoms with E-state index in [9.17, 15) is 8.42 Å². The molecule has 98 valence electrons. The molecule has 0 fully saturated rings. The van der Waals surface area contributed by atoms with Crippen LogP contribution in [-0.2, 0) is 10.0 Å². The number of hydrogen-bond acceptors (Lipinski definition) is 5. The average molecular weight is 285 g/mol. The van der Waals surface area contributed by atoms with Gasteiger partial charge in [-0.25, -0.2) is 18.1 Å². The smallest absolute Gasteiger partial charge is 0.242 e. The number of fused-ring (bicyclic) bond motifs is 1. The third kappa shape index (κ3) is 2.54. The van der Waals surface area contributed by atoms with Gasteiger partial charge in [-0.05, 0) is 26.0 Å². The second kappa shape index (κ2) is 4.58. The first-order valence-corrected chi connectivity index (χ1v) is 7.78. The normalized spacial score (nSPS) is 13.1. The summed E-state index contributed by atoms with van der Waals surface area (Å²) in [6.45, 7) is 3.72. The summed E-state index contributed by atoms with van der Waals surface area (Å²) in [7, 11) is -3.59. The van der Waals surface area contributed by atoms with Crippen LogP contribution in [-0.4, -0.2) is 25.5 Å². The summed E-state index contributed by atoms with van der Waals surface area (Å²) in [4.78, 5) is 4.36. The minimum absolute atomic E-state index is 0.227. The average Bonchev–Trinajstić information content (AvgIpc) is 2.75. The van der Waals surface area contributed by atoms with Crippen LogP contribution in [0.2, 0.25) is 0 Å². The largest absolute Gasteiger partial charge is 0.329 e. The molecule has 0 aliphatic heterocycles. The molecule has 2 aromatic rings. The second-order valence-electron chi connectivity index (χ2n) is 4.65. The number of aromatic nitrogens is 1. The topological polar surface area (TPSA) is 85.1 Å². The number of rotatable bonds is 4. The molecule has 0 atom stereocenters. The van der Waals surface area contributed by atoms with Crippen molar-refractivity contribution in [1.29, 1.82) is 0 Å². The number of thiazole rings is 1. The Labute approximate surface area is 110 Å². The van der Waals surface area contributed by atoms with Crippen molar-refractivity contribution in [3.8, 4) is 0 Å². The summed E-state index contributed by atoms with van der Waals surface area (Å²) < 4.78 is 27.9. The lowest BCUT2D eigenvalue weighted by molar-refractivity contribution is 0.463. The molecule has 0 unspecified atom stereocenters. The van der Waals surface area contributed by atoms with Gasteiger partial charge in [0.1, 0.15) is 4.90 Å². The maximum atomic E-state index is 12.3. The standard InChI is InChI=1S/C11H15N3O2S2/c1-11(2,6-12)14-18(15,16)9-5-3-4-8-10(9)17-7-13-8/h3-5,7,14H,6,12H2,1-2H3. The molecule has 0 radical (unpaired) electrons. The first kappa shape index (κ1) is 13.4. The molecule has 3 N–H and O–H groups in total. The zero-order chi connectivity index (χ0) is 13.4. The lowest BCUT2D eigenvalue weighted by Gasteiger charge is -2.23. The Hall–Kier alpha value is -1.02. The summed E-state index contributed by atoms with van der Waals surface area (Å²) >= 11 is 1.31. The van der Waals surface area contributed by atoms with Crippen LogP contribution < -0.4 is 10.5 Å². The highest BCUT2D eigenvalue weighted by Crippen LogP contribution is 2.26. The predicted octanol–water partition coefficient (Wildman–Crippen LogP) is 1.31. The van der Waals surface area contributed by atoms with E-state index in [1.165, 1.54) is 11.3 Å². The third-order valence-electron chi connectivity index (χ3n) is 2.53. The van der Waals surface area contributed by atoms with Crippen LogP contribution in [0.4, 0.5) is 0 Å². The molecule has 0 amide bonds. The summed E-state index contributed by atoms with van der Waals surface area (Å²) in [5, 5.41) is 0. The molecule has 18 heavy (non-hydrogen) atoms. The second-order valence-corrected chi connectivity index (χ2v) is 7.16. The number of nitrogens with one attached hydrogen (secondary N) is 1. The van der Waals surface area contributed by atoms with Gasteiger partial charge >= 0.3 is 0 Å². The monoisotopic (exact) mass is 285 g/mol. The molecule has 0 aliphatic carbocycles. The Morgan fingerprint density at radius 1 is 1.44 bits per heavy atom. The summed E-state index contributed by atoms with van der Waals surface area (Å²) in [5.74, 6) is 0. The number of benzene rings is 1. The van der Waals surface area contributed by atoms with E-state index < -0.39 is 15.6 Å². The van der Waals surface area contributed by atoms with Crippen molar-refractivity contribution < 1.29 is 8.42 Å². The molecule has 1 aromatic carbocycles. The summed E-state index contributed by atoms with van der Waals surface area (Å²) in [6.07, 6.45) is 0. The highest BCUT2D eigenvalue weighted by atomic mass is 32.2. The molecular formula is C11H15N3O2S2. The minimum Gasteiger partial charge on any atom is -0.329 e. The fraction of sp³-hybridized carbons (Fsp3) is 0.364. The van der Waals surface area contributed by atoms with Gasteiger partial charge in [-0.3, -0.25) is 0 Å². The molecule has 7 heteroatoms. The van der Waals surface area contributed by atoms with Crippen LogP contribution >= 0.6 is 11.3 Å². The van der Waals surface area contributed by atoms with Crippen LogP contribution in [0.1, 0.15) is 13.8 Å². The lowest BCUT2D eigenvalue weighted by Crippen LogP contribution is -2.48. The molecule has 0 bridgehead atoms. The maximum Gasteiger partial charge on any atom is 0.242 e. The van der Waals surface area contributed by atoms with E-state index in [0.29, 0.717) is 10.2 Å². The maximum absolute atomic E-state index is 12.3. The first-order valence-electron chi connectivity index (χ1n) is 5.42. The Bertz CT molecular complexity index is 662. The third-order valence-corrected chi connectivity index (χ3v) is 5.28. The van der Waals surface area contributed by atoms with E-state index in [1.807, 2.05) is 0 Å². The Morgan fingerprint density at radius 3 is 2.83 bits per heavy atom. The molecule has 0 saturated carbocycles. The Kier molecular flexibility index (Phi) is 3.41. The molecule has 0 saturated heterocycles. The van der Waals surface area contributed by atoms with Gasteiger partial charge in [0, 0.05) is 12.1 Å². The molecule has 2 rings (SSSR count). The van der Waals surface area contributed by atoms with Gasteiger partial charge in [0.05, 0.1) is 15.7 Å². The van der Waals surface area contributed by atoms with Crippen LogP contribution in [0.15, 0.2) is 28.6 Å². The van der Waals surface area contributed by atoms with Gasteiger partial charge in [-0.15, -0.1) is 11.3 Å². The zero-order valence-corrected chi connectivity index (χ0v) is 11.8. The highest BCUT2D eigenvalue weighted by Gasteiger charge is 2.26. The van der Waals surface area contributed by atoms with Crippen LogP contribution in [0.3, 0.4) is 0 Å². The number of nitrogens with two attached hydrogens (primary N) is 1. The van der Waals surface area contributed by atoms with E-state index in [4.69, 9.17) is 5.73 Å². The van der Waals surface area contributed by atoms with E-state index >= 15 is 0 Å². The van der Waals surface area contributed by atoms with Crippen molar-refractivity contribution in [3.63, 3.8) is 0 Å². The lowest BCUT2D eigenvalue weighted by atomic mass is 10.1. The van der Waals surface area contributed by atoms with Crippen LogP contribution in [0.25, 0.3) is 10.2 Å². The van der Waals surface area contributed by atoms with Gasteiger partial charge in [-0.1, -0.05) is 6.07 Å². The van der Waals surface area contributed by atoms with Crippen LogP contribution in [0.5, 0.6) is 0 Å². The summed E-state index contributed by atoms with van der Waals surface area (Å²) in [5.41, 5.74) is 7.20. The van der Waals surface area contributed by atoms with Gasteiger partial charge in [0.15, 0.2) is 0 Å². The van der Waals surface area contributed by atoms with E-state index in [0.717, 1.165) is 0 Å². The van der Waals surface area contributed by atoms with Crippen molar-refractivity contribution in [3.05, 3.63) is 23.7 Å². The van der Waals surface area contributed by atoms with Crippen molar-refractivity contribution in [2.45, 2.75) is 24.3 Å². The van der Waals surface area contributed by atoms with E-state index in [-0.39, 0.29) is 11.4 Å². The van der Waals surface area contributed by atoms with E-state index in [2.05, 4.69) is 9.71 Å². The van der Waals surface area contributed by atoms with Crippen molar-refractivity contribution in [2.75, 3.05) is 6.54 Å². The number of hydrogen-bond donors (Lipinski definition) is 2. The molecule has 5 nitrogen and oxygen atoms in total. The van der Waals surface area contributed by atoms with Crippen molar-refractivity contribution in [1.82, 2.24) is 9.71 Å². The minimum atomic E-state index is -3.59. The molecule has 1 aromatic heterocycles. The number of sulfonamides is 1. The molecule has 1 heterocycles. The SMILES string of the molecule is CC(C)(CN)NS(=O)(=O)c1cccc2ncsc12. The fourth-order valence-corrected chi connectivity index (χ4v) is 4.23. The van der Waals surface area contributed by atoms with Gasteiger partial charge in [0.25, 0.3) is 0 Å². The quantitative estimate of drug-likeness (QED) is 0.887. The molecular weight excluding hydrogens is 270 g/mol.